The molecular formula is C15H14BBrO2. The Morgan fingerprint density at radius 2 is 1.53 bits per heavy atom. The maximum atomic E-state index is 9.33. The fourth-order valence-corrected chi connectivity index (χ4v) is 3.25. The van der Waals surface area contributed by atoms with Crippen molar-refractivity contribution in [2.75, 3.05) is 0 Å². The second-order valence-corrected chi connectivity index (χ2v) is 6.41. The molecule has 1 aliphatic carbocycles. The van der Waals surface area contributed by atoms with Gasteiger partial charge in [0.05, 0.1) is 0 Å². The quantitative estimate of drug-likeness (QED) is 0.793. The zero-order valence-corrected chi connectivity index (χ0v) is 12.4. The van der Waals surface area contributed by atoms with Gasteiger partial charge in [-0.05, 0) is 39.8 Å². The van der Waals surface area contributed by atoms with Gasteiger partial charge in [-0.25, -0.2) is 0 Å². The molecule has 0 aromatic heterocycles. The topological polar surface area (TPSA) is 40.5 Å². The molecule has 1 aliphatic rings. The largest absolute Gasteiger partial charge is 0.488 e. The number of hydrogen-bond donors (Lipinski definition) is 2. The Labute approximate surface area is 121 Å². The molecule has 0 spiro atoms. The second-order valence-electron chi connectivity index (χ2n) is 5.49. The number of halogens is 1. The molecule has 0 aliphatic heterocycles. The molecule has 0 fully saturated rings. The SMILES string of the molecule is CC1(C)c2cc(Br)ccc2-c2ccc(B(O)O)cc21. The van der Waals surface area contributed by atoms with Gasteiger partial charge < -0.3 is 10.0 Å². The lowest BCUT2D eigenvalue weighted by Crippen LogP contribution is -2.31. The van der Waals surface area contributed by atoms with Crippen LogP contribution in [0.1, 0.15) is 25.0 Å². The van der Waals surface area contributed by atoms with E-state index in [9.17, 15) is 10.0 Å². The maximum Gasteiger partial charge on any atom is 0.488 e. The second kappa shape index (κ2) is 4.20. The Morgan fingerprint density at radius 3 is 2.16 bits per heavy atom. The minimum Gasteiger partial charge on any atom is -0.423 e. The van der Waals surface area contributed by atoms with Gasteiger partial charge in [-0.2, -0.15) is 0 Å². The monoisotopic (exact) mass is 316 g/mol. The molecule has 3 rings (SSSR count). The van der Waals surface area contributed by atoms with Gasteiger partial charge >= 0.3 is 7.12 Å². The highest BCUT2D eigenvalue weighted by molar-refractivity contribution is 9.10. The van der Waals surface area contributed by atoms with Crippen LogP contribution >= 0.6 is 15.9 Å². The highest BCUT2D eigenvalue weighted by atomic mass is 79.9. The predicted molar refractivity (Wildman–Crippen MR) is 81.5 cm³/mol. The Bertz CT molecular complexity index is 665. The first kappa shape index (κ1) is 12.9. The summed E-state index contributed by atoms with van der Waals surface area (Å²) in [5.41, 5.74) is 5.23. The molecule has 0 atom stereocenters. The van der Waals surface area contributed by atoms with Gasteiger partial charge in [0.2, 0.25) is 0 Å². The van der Waals surface area contributed by atoms with Crippen molar-refractivity contribution in [1.29, 1.82) is 0 Å². The third-order valence-corrected chi connectivity index (χ3v) is 4.45. The fourth-order valence-electron chi connectivity index (χ4n) is 2.89. The van der Waals surface area contributed by atoms with E-state index in [1.807, 2.05) is 18.2 Å². The van der Waals surface area contributed by atoms with Crippen LogP contribution in [0.3, 0.4) is 0 Å². The number of benzene rings is 2. The van der Waals surface area contributed by atoms with E-state index < -0.39 is 7.12 Å². The van der Waals surface area contributed by atoms with Crippen LogP contribution in [0.2, 0.25) is 0 Å². The van der Waals surface area contributed by atoms with Crippen LogP contribution in [0.25, 0.3) is 11.1 Å². The summed E-state index contributed by atoms with van der Waals surface area (Å²) in [7, 11) is -1.42. The Balaban J connectivity index is 2.28. The van der Waals surface area contributed by atoms with E-state index in [-0.39, 0.29) is 5.41 Å². The van der Waals surface area contributed by atoms with Crippen molar-refractivity contribution in [3.05, 3.63) is 52.0 Å². The lowest BCUT2D eigenvalue weighted by Gasteiger charge is -2.22. The summed E-state index contributed by atoms with van der Waals surface area (Å²) in [5.74, 6) is 0. The van der Waals surface area contributed by atoms with Gasteiger partial charge in [0.15, 0.2) is 0 Å². The Kier molecular flexibility index (Phi) is 2.86. The standard InChI is InChI=1S/C15H14BBrO2/c1-15(2)13-7-9(16(18)19)3-5-11(13)12-6-4-10(17)8-14(12)15/h3-8,18-19H,1-2H3. The van der Waals surface area contributed by atoms with Crippen LogP contribution in [0.15, 0.2) is 40.9 Å². The van der Waals surface area contributed by atoms with Crippen LogP contribution in [0.4, 0.5) is 0 Å². The normalized spacial score (nSPS) is 15.0. The summed E-state index contributed by atoms with van der Waals surface area (Å²) in [5, 5.41) is 18.7. The van der Waals surface area contributed by atoms with E-state index in [0.29, 0.717) is 5.46 Å². The molecular weight excluding hydrogens is 303 g/mol. The van der Waals surface area contributed by atoms with Crippen molar-refractivity contribution in [3.63, 3.8) is 0 Å². The Morgan fingerprint density at radius 1 is 0.947 bits per heavy atom. The molecule has 96 valence electrons. The third kappa shape index (κ3) is 1.86. The van der Waals surface area contributed by atoms with Gasteiger partial charge in [0.25, 0.3) is 0 Å². The fraction of sp³-hybridized carbons (Fsp3) is 0.200. The number of hydrogen-bond acceptors (Lipinski definition) is 2. The highest BCUT2D eigenvalue weighted by Crippen LogP contribution is 2.48. The van der Waals surface area contributed by atoms with Crippen molar-refractivity contribution in [3.8, 4) is 11.1 Å². The molecule has 2 aromatic rings. The van der Waals surface area contributed by atoms with Crippen molar-refractivity contribution in [2.45, 2.75) is 19.3 Å². The number of rotatable bonds is 1. The molecule has 19 heavy (non-hydrogen) atoms. The van der Waals surface area contributed by atoms with E-state index in [1.54, 1.807) is 6.07 Å². The maximum absolute atomic E-state index is 9.33. The smallest absolute Gasteiger partial charge is 0.423 e. The molecule has 2 N–H and O–H groups in total. The van der Waals surface area contributed by atoms with E-state index in [0.717, 1.165) is 10.0 Å². The van der Waals surface area contributed by atoms with Gasteiger partial charge in [-0.15, -0.1) is 0 Å². The summed E-state index contributed by atoms with van der Waals surface area (Å²) >= 11 is 3.52. The summed E-state index contributed by atoms with van der Waals surface area (Å²) in [6, 6.07) is 11.9. The summed E-state index contributed by atoms with van der Waals surface area (Å²) in [4.78, 5) is 0. The van der Waals surface area contributed by atoms with Crippen molar-refractivity contribution in [2.24, 2.45) is 0 Å². The third-order valence-electron chi connectivity index (χ3n) is 3.96. The van der Waals surface area contributed by atoms with Gasteiger partial charge in [-0.3, -0.25) is 0 Å². The first-order valence-corrected chi connectivity index (χ1v) is 7.01. The molecule has 2 nitrogen and oxygen atoms in total. The van der Waals surface area contributed by atoms with Gasteiger partial charge in [0.1, 0.15) is 0 Å². The molecule has 0 radical (unpaired) electrons. The van der Waals surface area contributed by atoms with E-state index in [4.69, 9.17) is 0 Å². The number of fused-ring (bicyclic) bond motifs is 3. The zero-order valence-electron chi connectivity index (χ0n) is 10.8. The average molecular weight is 317 g/mol. The van der Waals surface area contributed by atoms with Crippen molar-refractivity contribution in [1.82, 2.24) is 0 Å². The summed E-state index contributed by atoms with van der Waals surface area (Å²) < 4.78 is 1.06. The molecule has 4 heteroatoms. The summed E-state index contributed by atoms with van der Waals surface area (Å²) in [6.07, 6.45) is 0. The van der Waals surface area contributed by atoms with Crippen molar-refractivity contribution >= 4 is 28.5 Å². The molecule has 0 saturated heterocycles. The molecule has 0 bridgehead atoms. The van der Waals surface area contributed by atoms with Crippen molar-refractivity contribution < 1.29 is 10.0 Å². The van der Waals surface area contributed by atoms with Crippen LogP contribution in [0.5, 0.6) is 0 Å². The van der Waals surface area contributed by atoms with Crippen LogP contribution in [-0.2, 0) is 5.41 Å². The Hall–Kier alpha value is -1.10. The van der Waals surface area contributed by atoms with Gasteiger partial charge in [0, 0.05) is 9.89 Å². The van der Waals surface area contributed by atoms with Gasteiger partial charge in [-0.1, -0.05) is 54.0 Å². The minimum atomic E-state index is -1.42. The first-order valence-electron chi connectivity index (χ1n) is 6.22. The molecule has 0 unspecified atom stereocenters. The molecule has 0 saturated carbocycles. The first-order chi connectivity index (χ1) is 8.91. The lowest BCUT2D eigenvalue weighted by molar-refractivity contribution is 0.425. The highest BCUT2D eigenvalue weighted by Gasteiger charge is 2.36. The zero-order chi connectivity index (χ0) is 13.8. The van der Waals surface area contributed by atoms with E-state index in [2.05, 4.69) is 41.9 Å². The molecule has 0 heterocycles. The van der Waals surface area contributed by atoms with Crippen LogP contribution < -0.4 is 5.46 Å². The molecule has 2 aromatic carbocycles. The van der Waals surface area contributed by atoms with E-state index in [1.165, 1.54) is 16.7 Å². The average Bonchev–Trinajstić information content (AvgIpc) is 2.58. The molecule has 0 amide bonds. The van der Waals surface area contributed by atoms with Crippen LogP contribution in [0, 0.1) is 0 Å². The lowest BCUT2D eigenvalue weighted by atomic mass is 9.75. The summed E-state index contributed by atoms with van der Waals surface area (Å²) in [6.45, 7) is 4.33. The minimum absolute atomic E-state index is 0.126. The predicted octanol–water partition coefficient (Wildman–Crippen LogP) is 2.44. The van der Waals surface area contributed by atoms with Crippen LogP contribution in [-0.4, -0.2) is 17.2 Å². The van der Waals surface area contributed by atoms with E-state index >= 15 is 0 Å².